The van der Waals surface area contributed by atoms with Crippen molar-refractivity contribution < 1.29 is 28.9 Å². The first kappa shape index (κ1) is 18.1. The molecular formula is C17H23NO6. The summed E-state index contributed by atoms with van der Waals surface area (Å²) in [7, 11) is 1.54. The molecule has 0 radical (unpaired) electrons. The highest BCUT2D eigenvalue weighted by Crippen LogP contribution is 2.30. The maximum Gasteiger partial charge on any atom is 0.332 e. The molecule has 1 aliphatic heterocycles. The maximum absolute atomic E-state index is 12.3. The van der Waals surface area contributed by atoms with Crippen LogP contribution in [-0.4, -0.2) is 42.9 Å². The summed E-state index contributed by atoms with van der Waals surface area (Å²) in [4.78, 5) is 23.3. The third-order valence-electron chi connectivity index (χ3n) is 3.79. The first-order valence-corrected chi connectivity index (χ1v) is 8.05. The van der Waals surface area contributed by atoms with Gasteiger partial charge in [0.15, 0.2) is 6.10 Å². The summed E-state index contributed by atoms with van der Waals surface area (Å²) < 4.78 is 16.1. The lowest BCUT2D eigenvalue weighted by atomic mass is 10.2. The number of rotatable bonds is 8. The molecular weight excluding hydrogens is 314 g/mol. The molecule has 2 atom stereocenters. The molecule has 1 aromatic rings. The van der Waals surface area contributed by atoms with E-state index in [1.54, 1.807) is 18.2 Å². The average molecular weight is 337 g/mol. The third-order valence-corrected chi connectivity index (χ3v) is 3.79. The predicted molar refractivity (Wildman–Crippen MR) is 87.6 cm³/mol. The number of unbranched alkanes of at least 4 members (excludes halogenated alkanes) is 1. The Kier molecular flexibility index (Phi) is 6.43. The molecule has 2 N–H and O–H groups in total. The molecule has 1 aliphatic rings. The normalized spacial score (nSPS) is 19.8. The van der Waals surface area contributed by atoms with Crippen LogP contribution in [0.3, 0.4) is 0 Å². The van der Waals surface area contributed by atoms with E-state index >= 15 is 0 Å². The van der Waals surface area contributed by atoms with Gasteiger partial charge in [0.05, 0.1) is 19.4 Å². The number of benzene rings is 1. The number of anilines is 1. The fourth-order valence-corrected chi connectivity index (χ4v) is 2.41. The number of methoxy groups -OCH3 is 1. The number of carbonyl (C=O) groups excluding carboxylic acids is 1. The first-order valence-electron chi connectivity index (χ1n) is 8.05. The zero-order chi connectivity index (χ0) is 17.5. The molecule has 0 aromatic heterocycles. The first-order chi connectivity index (χ1) is 11.5. The van der Waals surface area contributed by atoms with Crippen molar-refractivity contribution in [3.63, 3.8) is 0 Å². The topological polar surface area (TPSA) is 94.1 Å². The van der Waals surface area contributed by atoms with Gasteiger partial charge >= 0.3 is 5.97 Å². The van der Waals surface area contributed by atoms with Crippen LogP contribution in [0.4, 0.5) is 5.69 Å². The molecule has 1 saturated heterocycles. The van der Waals surface area contributed by atoms with Crippen molar-refractivity contribution in [3.05, 3.63) is 18.2 Å². The number of nitrogens with one attached hydrogen (secondary N) is 1. The highest BCUT2D eigenvalue weighted by Gasteiger charge is 2.35. The van der Waals surface area contributed by atoms with Gasteiger partial charge in [0.25, 0.3) is 5.91 Å². The number of ether oxygens (including phenoxy) is 3. The highest BCUT2D eigenvalue weighted by molar-refractivity contribution is 5.96. The van der Waals surface area contributed by atoms with E-state index in [9.17, 15) is 9.59 Å². The lowest BCUT2D eigenvalue weighted by Gasteiger charge is -2.16. The zero-order valence-electron chi connectivity index (χ0n) is 13.9. The zero-order valence-corrected chi connectivity index (χ0v) is 13.9. The summed E-state index contributed by atoms with van der Waals surface area (Å²) >= 11 is 0. The van der Waals surface area contributed by atoms with Crippen LogP contribution in [0.1, 0.15) is 32.6 Å². The summed E-state index contributed by atoms with van der Waals surface area (Å²) in [5.41, 5.74) is 0.484. The lowest BCUT2D eigenvalue weighted by molar-refractivity contribution is -0.150. The number of carbonyl (C=O) groups is 2. The number of hydrogen-bond donors (Lipinski definition) is 2. The van der Waals surface area contributed by atoms with Gasteiger partial charge in [-0.05, 0) is 31.4 Å². The summed E-state index contributed by atoms with van der Waals surface area (Å²) in [6, 6.07) is 5.16. The quantitative estimate of drug-likeness (QED) is 0.708. The average Bonchev–Trinajstić information content (AvgIpc) is 3.06. The van der Waals surface area contributed by atoms with E-state index < -0.39 is 18.2 Å². The van der Waals surface area contributed by atoms with Gasteiger partial charge in [0, 0.05) is 6.07 Å². The molecule has 0 saturated carbocycles. The van der Waals surface area contributed by atoms with Crippen LogP contribution in [0.2, 0.25) is 0 Å². The molecule has 0 unspecified atom stereocenters. The van der Waals surface area contributed by atoms with Crippen LogP contribution in [0, 0.1) is 0 Å². The van der Waals surface area contributed by atoms with Gasteiger partial charge in [-0.2, -0.15) is 0 Å². The Morgan fingerprint density at radius 3 is 2.71 bits per heavy atom. The van der Waals surface area contributed by atoms with Crippen LogP contribution in [0.25, 0.3) is 0 Å². The standard InChI is InChI=1S/C17H23NO6/c1-3-4-9-23-13-6-5-11(22-2)10-12(13)18-16(19)14-7-8-15(24-14)17(20)21/h5-6,10,14-15H,3-4,7-9H2,1-2H3,(H,18,19)(H,20,21)/t14-,15+/m0/s1. The second kappa shape index (κ2) is 8.54. The fraction of sp³-hybridized carbons (Fsp3) is 0.529. The molecule has 1 amide bonds. The van der Waals surface area contributed by atoms with Gasteiger partial charge in [-0.25, -0.2) is 4.79 Å². The summed E-state index contributed by atoms with van der Waals surface area (Å²) in [5.74, 6) is -0.295. The number of amides is 1. The highest BCUT2D eigenvalue weighted by atomic mass is 16.5. The van der Waals surface area contributed by atoms with Crippen molar-refractivity contribution in [2.45, 2.75) is 44.8 Å². The molecule has 7 heteroatoms. The van der Waals surface area contributed by atoms with E-state index in [-0.39, 0.29) is 5.91 Å². The van der Waals surface area contributed by atoms with Gasteiger partial charge in [-0.3, -0.25) is 4.79 Å². The van der Waals surface area contributed by atoms with Gasteiger partial charge in [-0.1, -0.05) is 13.3 Å². The summed E-state index contributed by atoms with van der Waals surface area (Å²) in [5, 5.41) is 11.7. The Bertz CT molecular complexity index is 588. The van der Waals surface area contributed by atoms with Crippen molar-refractivity contribution in [1.29, 1.82) is 0 Å². The second-order valence-corrected chi connectivity index (χ2v) is 5.58. The Labute approximate surface area is 140 Å². The van der Waals surface area contributed by atoms with Crippen LogP contribution < -0.4 is 14.8 Å². The number of hydrogen-bond acceptors (Lipinski definition) is 5. The van der Waals surface area contributed by atoms with Crippen molar-refractivity contribution >= 4 is 17.6 Å². The summed E-state index contributed by atoms with van der Waals surface area (Å²) in [6.07, 6.45) is 0.909. The Balaban J connectivity index is 2.06. The number of aliphatic carboxylic acids is 1. The van der Waals surface area contributed by atoms with E-state index in [1.165, 1.54) is 7.11 Å². The Morgan fingerprint density at radius 2 is 2.08 bits per heavy atom. The van der Waals surface area contributed by atoms with Crippen LogP contribution in [0.15, 0.2) is 18.2 Å². The molecule has 0 spiro atoms. The van der Waals surface area contributed by atoms with Gasteiger partial charge in [0.2, 0.25) is 0 Å². The Hall–Kier alpha value is -2.28. The molecule has 1 heterocycles. The third kappa shape index (κ3) is 4.61. The minimum absolute atomic E-state index is 0.325. The minimum atomic E-state index is -1.05. The Morgan fingerprint density at radius 1 is 1.33 bits per heavy atom. The van der Waals surface area contributed by atoms with Crippen molar-refractivity contribution in [1.82, 2.24) is 0 Å². The fourth-order valence-electron chi connectivity index (χ4n) is 2.41. The van der Waals surface area contributed by atoms with Crippen LogP contribution >= 0.6 is 0 Å². The molecule has 132 valence electrons. The predicted octanol–water partition coefficient (Wildman–Crippen LogP) is 2.44. The molecule has 0 bridgehead atoms. The molecule has 0 aliphatic carbocycles. The summed E-state index contributed by atoms with van der Waals surface area (Å²) in [6.45, 7) is 2.61. The molecule has 1 aromatic carbocycles. The van der Waals surface area contributed by atoms with E-state index in [1.807, 2.05) is 0 Å². The van der Waals surface area contributed by atoms with E-state index in [0.717, 1.165) is 12.8 Å². The van der Waals surface area contributed by atoms with Crippen molar-refractivity contribution in [2.24, 2.45) is 0 Å². The molecule has 7 nitrogen and oxygen atoms in total. The number of carboxylic acid groups (broad SMARTS) is 1. The van der Waals surface area contributed by atoms with E-state index in [4.69, 9.17) is 19.3 Å². The molecule has 2 rings (SSSR count). The SMILES string of the molecule is CCCCOc1ccc(OC)cc1NC(=O)[C@@H]1CC[C@H](C(=O)O)O1. The smallest absolute Gasteiger partial charge is 0.332 e. The second-order valence-electron chi connectivity index (χ2n) is 5.58. The van der Waals surface area contributed by atoms with E-state index in [2.05, 4.69) is 12.2 Å². The minimum Gasteiger partial charge on any atom is -0.497 e. The van der Waals surface area contributed by atoms with Crippen molar-refractivity contribution in [2.75, 3.05) is 19.0 Å². The van der Waals surface area contributed by atoms with Gasteiger partial charge < -0.3 is 24.6 Å². The van der Waals surface area contributed by atoms with Crippen LogP contribution in [-0.2, 0) is 14.3 Å². The van der Waals surface area contributed by atoms with Gasteiger partial charge in [0.1, 0.15) is 17.6 Å². The lowest BCUT2D eigenvalue weighted by Crippen LogP contribution is -2.30. The molecule has 24 heavy (non-hydrogen) atoms. The maximum atomic E-state index is 12.3. The number of carboxylic acids is 1. The monoisotopic (exact) mass is 337 g/mol. The molecule has 1 fully saturated rings. The van der Waals surface area contributed by atoms with Crippen molar-refractivity contribution in [3.8, 4) is 11.5 Å². The largest absolute Gasteiger partial charge is 0.497 e. The van der Waals surface area contributed by atoms with E-state index in [0.29, 0.717) is 36.6 Å². The van der Waals surface area contributed by atoms with Gasteiger partial charge in [-0.15, -0.1) is 0 Å². The van der Waals surface area contributed by atoms with Crippen LogP contribution in [0.5, 0.6) is 11.5 Å².